The smallest absolute Gasteiger partial charge is 0.163 e. The summed E-state index contributed by atoms with van der Waals surface area (Å²) in [5.74, 6) is 0.233. The van der Waals surface area contributed by atoms with Crippen LogP contribution in [0.1, 0.15) is 24.6 Å². The molecule has 9 heteroatoms. The number of fused-ring (bicyclic) bond motifs is 1. The molecule has 1 fully saturated rings. The monoisotopic (exact) mass is 409 g/mol. The average molecular weight is 409 g/mol. The van der Waals surface area contributed by atoms with Gasteiger partial charge < -0.3 is 9.88 Å². The summed E-state index contributed by atoms with van der Waals surface area (Å²) in [7, 11) is 0. The van der Waals surface area contributed by atoms with Crippen molar-refractivity contribution < 1.29 is 0 Å². The summed E-state index contributed by atoms with van der Waals surface area (Å²) in [5.41, 5.74) is 3.77. The van der Waals surface area contributed by atoms with Crippen LogP contribution in [0.2, 0.25) is 0 Å². The maximum atomic E-state index is 9.48. The van der Waals surface area contributed by atoms with Gasteiger partial charge in [0.1, 0.15) is 18.0 Å². The molecule has 0 saturated carbocycles. The van der Waals surface area contributed by atoms with Crippen LogP contribution in [0.25, 0.3) is 22.3 Å². The lowest BCUT2D eigenvalue weighted by Crippen LogP contribution is -2.25. The second kappa shape index (κ2) is 7.88. The van der Waals surface area contributed by atoms with Crippen LogP contribution in [0.5, 0.6) is 0 Å². The van der Waals surface area contributed by atoms with E-state index in [1.807, 2.05) is 35.3 Å². The van der Waals surface area contributed by atoms with Gasteiger partial charge in [-0.2, -0.15) is 15.6 Å². The van der Waals surface area contributed by atoms with Crippen molar-refractivity contribution in [3.05, 3.63) is 55.0 Å². The Morgan fingerprint density at radius 2 is 2.16 bits per heavy atom. The van der Waals surface area contributed by atoms with E-state index < -0.39 is 0 Å². The molecule has 152 valence electrons. The van der Waals surface area contributed by atoms with Crippen LogP contribution in [0.15, 0.2) is 49.3 Å². The first-order valence-corrected chi connectivity index (χ1v) is 10.1. The number of nitrogens with one attached hydrogen (secondary N) is 1. The van der Waals surface area contributed by atoms with E-state index in [1.165, 1.54) is 6.33 Å². The van der Waals surface area contributed by atoms with Crippen LogP contribution in [0.4, 0.5) is 5.69 Å². The Balaban J connectivity index is 1.42. The number of nitriles is 2. The van der Waals surface area contributed by atoms with Gasteiger partial charge in [-0.1, -0.05) is 0 Å². The van der Waals surface area contributed by atoms with Gasteiger partial charge in [0.2, 0.25) is 0 Å². The summed E-state index contributed by atoms with van der Waals surface area (Å²) in [6.07, 6.45) is 10.0. The van der Waals surface area contributed by atoms with Crippen molar-refractivity contribution >= 4 is 16.7 Å². The average Bonchev–Trinajstić information content (AvgIpc) is 3.57. The van der Waals surface area contributed by atoms with E-state index in [4.69, 9.17) is 0 Å². The van der Waals surface area contributed by atoms with Crippen molar-refractivity contribution in [1.82, 2.24) is 29.7 Å². The number of nitrogens with zero attached hydrogens (tertiary/aromatic N) is 8. The van der Waals surface area contributed by atoms with Crippen molar-refractivity contribution in [2.24, 2.45) is 5.92 Å². The highest BCUT2D eigenvalue weighted by Crippen LogP contribution is 2.34. The molecule has 1 saturated heterocycles. The highest BCUT2D eigenvalue weighted by atomic mass is 15.3. The van der Waals surface area contributed by atoms with E-state index in [0.717, 1.165) is 47.5 Å². The standard InChI is InChI=1S/C22H19N9/c23-6-3-19(15-5-9-30(12-15)20-2-1-7-25-18(20)10-24)31-13-16(11-29-31)21-17-4-8-26-22(17)28-14-27-21/h1-2,4,7-8,11,13-15,19H,3,5,9,12H2,(H,26,27,28)/t15?,19-/m0/s1. The van der Waals surface area contributed by atoms with Crippen LogP contribution < -0.4 is 4.90 Å². The number of H-pyrrole nitrogens is 1. The third-order valence-corrected chi connectivity index (χ3v) is 5.87. The third-order valence-electron chi connectivity index (χ3n) is 5.87. The number of rotatable bonds is 5. The van der Waals surface area contributed by atoms with Gasteiger partial charge in [0, 0.05) is 48.5 Å². The van der Waals surface area contributed by atoms with Crippen molar-refractivity contribution in [3.63, 3.8) is 0 Å². The molecule has 9 nitrogen and oxygen atoms in total. The third kappa shape index (κ3) is 3.36. The molecule has 5 rings (SSSR count). The van der Waals surface area contributed by atoms with E-state index in [0.29, 0.717) is 12.1 Å². The zero-order valence-corrected chi connectivity index (χ0v) is 16.7. The largest absolute Gasteiger partial charge is 0.369 e. The topological polar surface area (TPSA) is 123 Å². The van der Waals surface area contributed by atoms with Gasteiger partial charge in [0.05, 0.1) is 36.1 Å². The number of anilines is 1. The van der Waals surface area contributed by atoms with Crippen LogP contribution in [0.3, 0.4) is 0 Å². The van der Waals surface area contributed by atoms with Crippen molar-refractivity contribution in [1.29, 1.82) is 10.5 Å². The lowest BCUT2D eigenvalue weighted by molar-refractivity contribution is 0.332. The van der Waals surface area contributed by atoms with Crippen LogP contribution in [-0.4, -0.2) is 42.8 Å². The number of hydrogen-bond acceptors (Lipinski definition) is 7. The molecule has 1 unspecified atom stereocenters. The van der Waals surface area contributed by atoms with Gasteiger partial charge >= 0.3 is 0 Å². The molecule has 1 aliphatic rings. The quantitative estimate of drug-likeness (QED) is 0.537. The number of aromatic nitrogens is 6. The maximum absolute atomic E-state index is 9.48. The van der Waals surface area contributed by atoms with E-state index in [9.17, 15) is 10.5 Å². The molecule has 4 aromatic rings. The molecule has 0 aromatic carbocycles. The van der Waals surface area contributed by atoms with Gasteiger partial charge in [0.15, 0.2) is 5.69 Å². The predicted octanol–water partition coefficient (Wildman–Crippen LogP) is 3.07. The summed E-state index contributed by atoms with van der Waals surface area (Å²) in [5, 5.41) is 24.4. The van der Waals surface area contributed by atoms with Crippen molar-refractivity contribution in [3.8, 4) is 23.4 Å². The fourth-order valence-electron chi connectivity index (χ4n) is 4.37. The zero-order chi connectivity index (χ0) is 21.2. The van der Waals surface area contributed by atoms with E-state index in [1.54, 1.807) is 12.4 Å². The molecule has 0 radical (unpaired) electrons. The van der Waals surface area contributed by atoms with E-state index >= 15 is 0 Å². The number of pyridine rings is 1. The molecular weight excluding hydrogens is 390 g/mol. The molecule has 1 aliphatic heterocycles. The molecule has 31 heavy (non-hydrogen) atoms. The van der Waals surface area contributed by atoms with Gasteiger partial charge in [-0.05, 0) is 24.6 Å². The van der Waals surface area contributed by atoms with Crippen LogP contribution in [0, 0.1) is 28.6 Å². The molecule has 0 bridgehead atoms. The lowest BCUT2D eigenvalue weighted by atomic mass is 9.96. The highest BCUT2D eigenvalue weighted by Gasteiger charge is 2.32. The summed E-state index contributed by atoms with van der Waals surface area (Å²) in [4.78, 5) is 18.1. The van der Waals surface area contributed by atoms with Crippen LogP contribution in [-0.2, 0) is 0 Å². The Kier molecular flexibility index (Phi) is 4.77. The molecular formula is C22H19N9. The maximum Gasteiger partial charge on any atom is 0.163 e. The normalized spacial score (nSPS) is 16.8. The second-order valence-electron chi connectivity index (χ2n) is 7.58. The number of aromatic amines is 1. The number of hydrogen-bond donors (Lipinski definition) is 1. The molecule has 0 aliphatic carbocycles. The fraction of sp³-hybridized carbons (Fsp3) is 0.273. The molecule has 1 N–H and O–H groups in total. The first-order valence-electron chi connectivity index (χ1n) is 10.1. The van der Waals surface area contributed by atoms with Crippen molar-refractivity contribution in [2.75, 3.05) is 18.0 Å². The zero-order valence-electron chi connectivity index (χ0n) is 16.7. The minimum Gasteiger partial charge on any atom is -0.369 e. The Hall–Kier alpha value is -4.24. The molecule has 2 atom stereocenters. The molecule has 4 aromatic heterocycles. The minimum atomic E-state index is -0.0606. The molecule has 0 spiro atoms. The molecule has 0 amide bonds. The summed E-state index contributed by atoms with van der Waals surface area (Å²) in [6.45, 7) is 1.56. The summed E-state index contributed by atoms with van der Waals surface area (Å²) < 4.78 is 1.89. The van der Waals surface area contributed by atoms with Gasteiger partial charge in [0.25, 0.3) is 0 Å². The first-order chi connectivity index (χ1) is 15.3. The second-order valence-corrected chi connectivity index (χ2v) is 7.58. The lowest BCUT2D eigenvalue weighted by Gasteiger charge is -2.23. The predicted molar refractivity (Wildman–Crippen MR) is 114 cm³/mol. The Labute approximate surface area is 178 Å². The van der Waals surface area contributed by atoms with Gasteiger partial charge in [-0.15, -0.1) is 0 Å². The molecule has 5 heterocycles. The van der Waals surface area contributed by atoms with Gasteiger partial charge in [-0.3, -0.25) is 4.68 Å². The van der Waals surface area contributed by atoms with E-state index in [-0.39, 0.29) is 12.0 Å². The Bertz CT molecular complexity index is 1310. The SMILES string of the molecule is N#CC[C@@H](C1CCN(c2cccnc2C#N)C1)n1cc(-c2ncnc3[nH]ccc23)cn1. The van der Waals surface area contributed by atoms with E-state index in [2.05, 4.69) is 42.1 Å². The van der Waals surface area contributed by atoms with Gasteiger partial charge in [-0.25, -0.2) is 15.0 Å². The first kappa shape index (κ1) is 18.8. The van der Waals surface area contributed by atoms with Crippen LogP contribution >= 0.6 is 0 Å². The fourth-order valence-corrected chi connectivity index (χ4v) is 4.37. The Morgan fingerprint density at radius 3 is 3.03 bits per heavy atom. The summed E-state index contributed by atoms with van der Waals surface area (Å²) >= 11 is 0. The Morgan fingerprint density at radius 1 is 1.23 bits per heavy atom. The summed E-state index contributed by atoms with van der Waals surface area (Å²) in [6, 6.07) is 10.2. The minimum absolute atomic E-state index is 0.0606. The highest BCUT2D eigenvalue weighted by molar-refractivity contribution is 5.89. The van der Waals surface area contributed by atoms with Crippen molar-refractivity contribution in [2.45, 2.75) is 18.9 Å².